The van der Waals surface area contributed by atoms with Crippen molar-refractivity contribution < 1.29 is 19.4 Å². The Hall–Kier alpha value is -1.13. The molecule has 2 aromatic rings. The molecule has 9 heteroatoms. The maximum Gasteiger partial charge on any atom is 0.303 e. The summed E-state index contributed by atoms with van der Waals surface area (Å²) in [4.78, 5) is 15.1. The highest BCUT2D eigenvalue weighted by Crippen LogP contribution is 2.31. The molecule has 0 radical (unpaired) electrons. The van der Waals surface area contributed by atoms with Gasteiger partial charge in [0.25, 0.3) is 0 Å². The zero-order valence-electron chi connectivity index (χ0n) is 10.5. The van der Waals surface area contributed by atoms with Crippen molar-refractivity contribution in [1.82, 2.24) is 13.0 Å². The molecule has 20 heavy (non-hydrogen) atoms. The van der Waals surface area contributed by atoms with E-state index in [0.29, 0.717) is 22.5 Å². The summed E-state index contributed by atoms with van der Waals surface area (Å²) in [5, 5.41) is 13.9. The summed E-state index contributed by atoms with van der Waals surface area (Å²) < 4.78 is 11.9. The van der Waals surface area contributed by atoms with Crippen LogP contribution < -0.4 is 4.74 Å². The summed E-state index contributed by atoms with van der Waals surface area (Å²) in [7, 11) is 0. The summed E-state index contributed by atoms with van der Waals surface area (Å²) >= 11 is 7.92. The monoisotopic (exact) mass is 411 g/mol. The van der Waals surface area contributed by atoms with E-state index in [1.165, 1.54) is 6.92 Å². The number of aromatic nitrogens is 3. The lowest BCUT2D eigenvalue weighted by Gasteiger charge is -2.06. The van der Waals surface area contributed by atoms with Gasteiger partial charge in [-0.3, -0.25) is 4.79 Å². The Kier molecular flexibility index (Phi) is 5.00. The van der Waals surface area contributed by atoms with Crippen molar-refractivity contribution in [3.63, 3.8) is 0 Å². The van der Waals surface area contributed by atoms with Crippen LogP contribution in [0.2, 0.25) is 5.15 Å². The van der Waals surface area contributed by atoms with Crippen LogP contribution in [0, 0.1) is 0 Å². The molecule has 2 rings (SSSR count). The number of fused-ring (bicyclic) bond motifs is 1. The number of aliphatic hydroxyl groups is 1. The molecule has 0 amide bonds. The number of carbonyl (C=O) groups is 1. The zero-order chi connectivity index (χ0) is 14.7. The number of esters is 1. The van der Waals surface area contributed by atoms with Crippen molar-refractivity contribution in [2.24, 2.45) is 0 Å². The molecular formula is C11H11ClIN3O4. The summed E-state index contributed by atoms with van der Waals surface area (Å²) in [6.45, 7) is 1.27. The molecule has 2 heterocycles. The maximum absolute atomic E-state index is 10.9. The Bertz CT molecular complexity index is 646. The van der Waals surface area contributed by atoms with E-state index in [0.717, 1.165) is 0 Å². The third-order valence-corrected chi connectivity index (χ3v) is 3.30. The minimum atomic E-state index is -0.417. The first-order valence-electron chi connectivity index (χ1n) is 5.64. The fourth-order valence-electron chi connectivity index (χ4n) is 1.63. The number of hydrogen-bond acceptors (Lipinski definition) is 6. The van der Waals surface area contributed by atoms with Crippen LogP contribution >= 0.6 is 34.5 Å². The second-order valence-electron chi connectivity index (χ2n) is 3.80. The second kappa shape index (κ2) is 6.55. The van der Waals surface area contributed by atoms with Crippen molar-refractivity contribution in [3.05, 3.63) is 16.9 Å². The van der Waals surface area contributed by atoms with Gasteiger partial charge < -0.3 is 14.6 Å². The van der Waals surface area contributed by atoms with Crippen LogP contribution in [-0.4, -0.2) is 37.3 Å². The zero-order valence-corrected chi connectivity index (χ0v) is 13.4. The van der Waals surface area contributed by atoms with Gasteiger partial charge in [-0.05, 0) is 0 Å². The highest BCUT2D eigenvalue weighted by atomic mass is 127. The standard InChI is InChI=1S/C11H11ClIN3O4/c1-6(18)20-5-7-10-8(4-9(12)14-7)16(13)15-11(10)19-3-2-17/h4,17H,2-3,5H2,1H3. The number of pyridine rings is 1. The Morgan fingerprint density at radius 3 is 3.00 bits per heavy atom. The summed E-state index contributed by atoms with van der Waals surface area (Å²) in [5.74, 6) is -0.102. The molecule has 0 aliphatic carbocycles. The highest BCUT2D eigenvalue weighted by molar-refractivity contribution is 14.1. The lowest BCUT2D eigenvalue weighted by molar-refractivity contribution is -0.142. The van der Waals surface area contributed by atoms with Gasteiger partial charge in [-0.15, -0.1) is 5.10 Å². The predicted octanol–water partition coefficient (Wildman–Crippen LogP) is 1.72. The quantitative estimate of drug-likeness (QED) is 0.458. The van der Waals surface area contributed by atoms with Gasteiger partial charge in [-0.25, -0.2) is 4.98 Å². The van der Waals surface area contributed by atoms with Gasteiger partial charge in [0, 0.05) is 13.0 Å². The fraction of sp³-hybridized carbons (Fsp3) is 0.364. The summed E-state index contributed by atoms with van der Waals surface area (Å²) in [5.41, 5.74) is 1.15. The molecule has 0 bridgehead atoms. The number of hydrogen-bond donors (Lipinski definition) is 1. The molecule has 0 saturated carbocycles. The Labute approximate surface area is 133 Å². The molecule has 1 N–H and O–H groups in total. The first-order chi connectivity index (χ1) is 9.52. The molecule has 0 aromatic carbocycles. The molecule has 0 aliphatic heterocycles. The number of halogens is 2. The summed E-state index contributed by atoms with van der Waals surface area (Å²) in [6, 6.07) is 1.64. The third-order valence-electron chi connectivity index (χ3n) is 2.38. The molecule has 0 fully saturated rings. The number of ether oxygens (including phenoxy) is 2. The molecule has 0 atom stereocenters. The number of rotatable bonds is 5. The average molecular weight is 412 g/mol. The van der Waals surface area contributed by atoms with Gasteiger partial charge in [-0.1, -0.05) is 11.6 Å². The topological polar surface area (TPSA) is 86.5 Å². The largest absolute Gasteiger partial charge is 0.474 e. The molecule has 0 aliphatic rings. The van der Waals surface area contributed by atoms with E-state index in [9.17, 15) is 4.79 Å². The van der Waals surface area contributed by atoms with Crippen LogP contribution in [0.1, 0.15) is 12.6 Å². The molecular weight excluding hydrogens is 400 g/mol. The second-order valence-corrected chi connectivity index (χ2v) is 5.10. The van der Waals surface area contributed by atoms with Gasteiger partial charge in [0.2, 0.25) is 5.88 Å². The van der Waals surface area contributed by atoms with E-state index < -0.39 is 5.97 Å². The Morgan fingerprint density at radius 2 is 2.35 bits per heavy atom. The minimum Gasteiger partial charge on any atom is -0.474 e. The van der Waals surface area contributed by atoms with E-state index in [1.54, 1.807) is 8.96 Å². The van der Waals surface area contributed by atoms with Crippen LogP contribution in [0.25, 0.3) is 10.9 Å². The normalized spacial score (nSPS) is 10.8. The van der Waals surface area contributed by atoms with Crippen LogP contribution in [0.15, 0.2) is 6.07 Å². The van der Waals surface area contributed by atoms with Crippen molar-refractivity contribution in [1.29, 1.82) is 0 Å². The van der Waals surface area contributed by atoms with Crippen LogP contribution in [-0.2, 0) is 16.1 Å². The molecule has 0 spiro atoms. The molecule has 108 valence electrons. The predicted molar refractivity (Wildman–Crippen MR) is 80.0 cm³/mol. The number of nitrogens with zero attached hydrogens (tertiary/aromatic N) is 3. The van der Waals surface area contributed by atoms with Crippen LogP contribution in [0.3, 0.4) is 0 Å². The molecule has 0 saturated heterocycles. The molecule has 7 nitrogen and oxygen atoms in total. The van der Waals surface area contributed by atoms with Gasteiger partial charge in [0.15, 0.2) is 0 Å². The Balaban J connectivity index is 2.49. The Morgan fingerprint density at radius 1 is 1.60 bits per heavy atom. The van der Waals surface area contributed by atoms with Gasteiger partial charge in [0.05, 0.1) is 46.1 Å². The number of carbonyl (C=O) groups excluding carboxylic acids is 1. The van der Waals surface area contributed by atoms with Gasteiger partial charge in [0.1, 0.15) is 18.4 Å². The van der Waals surface area contributed by atoms with E-state index in [-0.39, 0.29) is 25.0 Å². The SMILES string of the molecule is CC(=O)OCc1nc(Cl)cc2c1c(OCCO)nn2I. The van der Waals surface area contributed by atoms with E-state index >= 15 is 0 Å². The lowest BCUT2D eigenvalue weighted by atomic mass is 10.2. The number of aliphatic hydroxyl groups excluding tert-OH is 1. The first kappa shape index (κ1) is 15.3. The average Bonchev–Trinajstić information content (AvgIpc) is 2.70. The van der Waals surface area contributed by atoms with Crippen molar-refractivity contribution in [2.75, 3.05) is 13.2 Å². The van der Waals surface area contributed by atoms with Crippen LogP contribution in [0.4, 0.5) is 0 Å². The molecule has 0 unspecified atom stereocenters. The van der Waals surface area contributed by atoms with Gasteiger partial charge in [-0.2, -0.15) is 2.90 Å². The van der Waals surface area contributed by atoms with Crippen molar-refractivity contribution in [2.45, 2.75) is 13.5 Å². The first-order valence-corrected chi connectivity index (χ1v) is 6.98. The third kappa shape index (κ3) is 3.30. The van der Waals surface area contributed by atoms with Crippen LogP contribution in [0.5, 0.6) is 5.88 Å². The lowest BCUT2D eigenvalue weighted by Crippen LogP contribution is -2.04. The maximum atomic E-state index is 10.9. The van der Waals surface area contributed by atoms with Crippen molar-refractivity contribution >= 4 is 51.3 Å². The smallest absolute Gasteiger partial charge is 0.303 e. The van der Waals surface area contributed by atoms with E-state index in [1.807, 2.05) is 22.9 Å². The van der Waals surface area contributed by atoms with Crippen molar-refractivity contribution in [3.8, 4) is 5.88 Å². The fourth-order valence-corrected chi connectivity index (χ4v) is 2.41. The highest BCUT2D eigenvalue weighted by Gasteiger charge is 2.18. The van der Waals surface area contributed by atoms with E-state index in [4.69, 9.17) is 26.2 Å². The van der Waals surface area contributed by atoms with Gasteiger partial charge >= 0.3 is 5.97 Å². The van der Waals surface area contributed by atoms with E-state index in [2.05, 4.69) is 10.1 Å². The molecule has 2 aromatic heterocycles. The summed E-state index contributed by atoms with van der Waals surface area (Å²) in [6.07, 6.45) is 0. The minimum absolute atomic E-state index is 0.0236.